The Morgan fingerprint density at radius 2 is 1.86 bits per heavy atom. The molecule has 0 atom stereocenters. The maximum Gasteiger partial charge on any atom is 0.277 e. The lowest BCUT2D eigenvalue weighted by Gasteiger charge is -2.02. The van der Waals surface area contributed by atoms with Gasteiger partial charge < -0.3 is 9.15 Å². The summed E-state index contributed by atoms with van der Waals surface area (Å²) < 4.78 is 11.2. The highest BCUT2D eigenvalue weighted by molar-refractivity contribution is 7.98. The Labute approximate surface area is 175 Å². The molecule has 4 rings (SSSR count). The summed E-state index contributed by atoms with van der Waals surface area (Å²) in [6, 6.07) is 15.5. The van der Waals surface area contributed by atoms with Crippen molar-refractivity contribution in [3.63, 3.8) is 0 Å². The predicted molar refractivity (Wildman–Crippen MR) is 112 cm³/mol. The second-order valence-corrected chi connectivity index (χ2v) is 8.22. The van der Waals surface area contributed by atoms with Gasteiger partial charge in [-0.3, -0.25) is 0 Å². The zero-order valence-electron chi connectivity index (χ0n) is 15.0. The Morgan fingerprint density at radius 1 is 1.07 bits per heavy atom. The van der Waals surface area contributed by atoms with E-state index in [4.69, 9.17) is 20.8 Å². The van der Waals surface area contributed by atoms with Crippen LogP contribution in [0.25, 0.3) is 10.6 Å². The van der Waals surface area contributed by atoms with Gasteiger partial charge in [0.05, 0.1) is 5.69 Å². The molecule has 0 bridgehead atoms. The molecule has 28 heavy (non-hydrogen) atoms. The fraction of sp³-hybridized carbons (Fsp3) is 0.150. The zero-order valence-corrected chi connectivity index (χ0v) is 17.4. The molecule has 8 heteroatoms. The summed E-state index contributed by atoms with van der Waals surface area (Å²) in [5.74, 6) is 1.79. The topological polar surface area (TPSA) is 61.0 Å². The molecule has 0 amide bonds. The monoisotopic (exact) mass is 429 g/mol. The third-order valence-corrected chi connectivity index (χ3v) is 5.86. The van der Waals surface area contributed by atoms with Crippen LogP contribution in [0.2, 0.25) is 5.02 Å². The molecule has 0 aliphatic carbocycles. The van der Waals surface area contributed by atoms with Crippen LogP contribution in [-0.2, 0) is 12.4 Å². The van der Waals surface area contributed by atoms with Crippen molar-refractivity contribution in [2.45, 2.75) is 24.5 Å². The van der Waals surface area contributed by atoms with E-state index in [0.717, 1.165) is 16.3 Å². The largest absolute Gasteiger partial charge is 0.484 e. The highest BCUT2D eigenvalue weighted by Crippen LogP contribution is 2.28. The minimum atomic E-state index is 0.212. The number of aromatic nitrogens is 3. The van der Waals surface area contributed by atoms with Gasteiger partial charge in [0.2, 0.25) is 0 Å². The van der Waals surface area contributed by atoms with Gasteiger partial charge in [-0.05, 0) is 31.2 Å². The van der Waals surface area contributed by atoms with Crippen LogP contribution >= 0.6 is 34.7 Å². The summed E-state index contributed by atoms with van der Waals surface area (Å²) in [7, 11) is 0. The van der Waals surface area contributed by atoms with Crippen molar-refractivity contribution >= 4 is 34.7 Å². The van der Waals surface area contributed by atoms with Crippen LogP contribution in [0, 0.1) is 6.92 Å². The Morgan fingerprint density at radius 3 is 2.64 bits per heavy atom. The minimum absolute atomic E-state index is 0.212. The number of ether oxygens (including phenoxy) is 1. The Bertz CT molecular complexity index is 1050. The van der Waals surface area contributed by atoms with Crippen molar-refractivity contribution < 1.29 is 9.15 Å². The van der Waals surface area contributed by atoms with E-state index in [9.17, 15) is 0 Å². The Kier molecular flexibility index (Phi) is 5.95. The number of halogens is 1. The quantitative estimate of drug-likeness (QED) is 0.334. The van der Waals surface area contributed by atoms with E-state index < -0.39 is 0 Å². The Hall–Kier alpha value is -2.35. The van der Waals surface area contributed by atoms with Crippen LogP contribution < -0.4 is 4.74 Å². The predicted octanol–water partition coefficient (Wildman–Crippen LogP) is 6.03. The molecule has 0 unspecified atom stereocenters. The molecule has 5 nitrogen and oxygen atoms in total. The van der Waals surface area contributed by atoms with Crippen molar-refractivity contribution in [1.82, 2.24) is 15.2 Å². The van der Waals surface area contributed by atoms with Crippen LogP contribution in [0.5, 0.6) is 5.75 Å². The minimum Gasteiger partial charge on any atom is -0.484 e. The van der Waals surface area contributed by atoms with Gasteiger partial charge >= 0.3 is 0 Å². The van der Waals surface area contributed by atoms with E-state index in [1.807, 2.05) is 0 Å². The summed E-state index contributed by atoms with van der Waals surface area (Å²) in [4.78, 5) is 4.69. The van der Waals surface area contributed by atoms with Crippen molar-refractivity contribution in [3.05, 3.63) is 76.1 Å². The van der Waals surface area contributed by atoms with E-state index in [1.165, 1.54) is 17.3 Å². The maximum absolute atomic E-state index is 5.86. The average molecular weight is 430 g/mol. The van der Waals surface area contributed by atoms with E-state index in [2.05, 4.69) is 51.8 Å². The third-order valence-electron chi connectivity index (χ3n) is 3.82. The van der Waals surface area contributed by atoms with Gasteiger partial charge in [-0.15, -0.1) is 21.5 Å². The summed E-state index contributed by atoms with van der Waals surface area (Å²) in [6.45, 7) is 2.29. The number of thioether (sulfide) groups is 1. The maximum atomic E-state index is 5.86. The lowest BCUT2D eigenvalue weighted by Crippen LogP contribution is -1.95. The van der Waals surface area contributed by atoms with Crippen LogP contribution in [0.3, 0.4) is 0 Å². The molecule has 0 saturated heterocycles. The van der Waals surface area contributed by atoms with Crippen molar-refractivity contribution in [1.29, 1.82) is 0 Å². The van der Waals surface area contributed by atoms with Gasteiger partial charge in [0.1, 0.15) is 10.8 Å². The van der Waals surface area contributed by atoms with Gasteiger partial charge in [-0.2, -0.15) is 0 Å². The Balaban J connectivity index is 1.31. The molecular formula is C20H16ClN3O2S2. The molecule has 0 N–H and O–H groups in total. The molecule has 0 aliphatic heterocycles. The van der Waals surface area contributed by atoms with Crippen molar-refractivity contribution in [3.8, 4) is 16.3 Å². The number of hydrogen-bond acceptors (Lipinski definition) is 7. The second-order valence-electron chi connectivity index (χ2n) is 6.00. The normalized spacial score (nSPS) is 10.9. The van der Waals surface area contributed by atoms with Crippen LogP contribution in [0.15, 0.2) is 63.6 Å². The average Bonchev–Trinajstić information content (AvgIpc) is 3.36. The molecule has 2 aromatic carbocycles. The zero-order chi connectivity index (χ0) is 19.3. The highest BCUT2D eigenvalue weighted by atomic mass is 35.5. The number of aryl methyl sites for hydroxylation is 1. The molecule has 0 fully saturated rings. The fourth-order valence-corrected chi connectivity index (χ4v) is 4.10. The molecular weight excluding hydrogens is 414 g/mol. The molecule has 142 valence electrons. The van der Waals surface area contributed by atoms with Crippen molar-refractivity contribution in [2.75, 3.05) is 0 Å². The van der Waals surface area contributed by atoms with E-state index in [-0.39, 0.29) is 6.61 Å². The van der Waals surface area contributed by atoms with Gasteiger partial charge in [-0.25, -0.2) is 4.98 Å². The highest BCUT2D eigenvalue weighted by Gasteiger charge is 2.10. The first-order valence-electron chi connectivity index (χ1n) is 8.51. The molecule has 4 aromatic rings. The van der Waals surface area contributed by atoms with Gasteiger partial charge in [0.25, 0.3) is 11.1 Å². The summed E-state index contributed by atoms with van der Waals surface area (Å²) in [5, 5.41) is 12.3. The molecule has 0 aliphatic rings. The van der Waals surface area contributed by atoms with Crippen LogP contribution in [0.1, 0.15) is 17.1 Å². The molecule has 2 aromatic heterocycles. The van der Waals surface area contributed by atoms with Gasteiger partial charge in [0.15, 0.2) is 6.61 Å². The molecule has 0 radical (unpaired) electrons. The second kappa shape index (κ2) is 8.77. The SMILES string of the molecule is Cc1ccc(-c2nc(CSc3nnc(COc4ccc(Cl)cc4)o3)cs2)cc1. The summed E-state index contributed by atoms with van der Waals surface area (Å²) >= 11 is 8.95. The van der Waals surface area contributed by atoms with E-state index >= 15 is 0 Å². The van der Waals surface area contributed by atoms with Crippen LogP contribution in [0.4, 0.5) is 0 Å². The third kappa shape index (κ3) is 4.92. The molecule has 0 spiro atoms. The smallest absolute Gasteiger partial charge is 0.277 e. The lowest BCUT2D eigenvalue weighted by atomic mass is 10.2. The number of benzene rings is 2. The standard InChI is InChI=1S/C20H16ClN3O2S2/c1-13-2-4-14(5-3-13)19-22-16(11-27-19)12-28-20-24-23-18(26-20)10-25-17-8-6-15(21)7-9-17/h2-9,11H,10,12H2,1H3. The summed E-state index contributed by atoms with van der Waals surface area (Å²) in [6.07, 6.45) is 0. The summed E-state index contributed by atoms with van der Waals surface area (Å²) in [5.41, 5.74) is 3.36. The van der Waals surface area contributed by atoms with E-state index in [1.54, 1.807) is 35.6 Å². The number of rotatable bonds is 7. The first kappa shape index (κ1) is 19.0. The van der Waals surface area contributed by atoms with Gasteiger partial charge in [0, 0.05) is 21.7 Å². The van der Waals surface area contributed by atoms with Crippen LogP contribution in [-0.4, -0.2) is 15.2 Å². The first-order valence-corrected chi connectivity index (χ1v) is 10.7. The molecule has 0 saturated carbocycles. The number of thiazole rings is 1. The number of nitrogens with zero attached hydrogens (tertiary/aromatic N) is 3. The number of hydrogen-bond donors (Lipinski definition) is 0. The lowest BCUT2D eigenvalue weighted by molar-refractivity contribution is 0.252. The van der Waals surface area contributed by atoms with Gasteiger partial charge in [-0.1, -0.05) is 53.2 Å². The fourth-order valence-electron chi connectivity index (χ4n) is 2.37. The van der Waals surface area contributed by atoms with Crippen molar-refractivity contribution in [2.24, 2.45) is 0 Å². The van der Waals surface area contributed by atoms with E-state index in [0.29, 0.717) is 27.6 Å². The first-order chi connectivity index (χ1) is 13.7. The molecule has 2 heterocycles.